The third-order valence-corrected chi connectivity index (χ3v) is 4.09. The van der Waals surface area contributed by atoms with E-state index >= 15 is 0 Å². The first-order valence-electron chi connectivity index (χ1n) is 9.48. The minimum absolute atomic E-state index is 0.114. The molecule has 0 fully saturated rings. The number of hydrogen-bond donors (Lipinski definition) is 3. The molecule has 0 saturated carbocycles. The van der Waals surface area contributed by atoms with Crippen molar-refractivity contribution in [1.82, 2.24) is 10.6 Å². The molecule has 160 valence electrons. The summed E-state index contributed by atoms with van der Waals surface area (Å²) >= 11 is 0. The molecule has 0 aliphatic rings. The number of aldehydes is 1. The topological polar surface area (TPSA) is 111 Å². The Balaban J connectivity index is 4.78. The van der Waals surface area contributed by atoms with Crippen molar-refractivity contribution in [2.45, 2.75) is 85.0 Å². The molecule has 28 heavy (non-hydrogen) atoms. The molecule has 0 heterocycles. The van der Waals surface area contributed by atoms with Crippen LogP contribution in [0.4, 0.5) is 0 Å². The van der Waals surface area contributed by atoms with Crippen LogP contribution in [-0.2, 0) is 19.1 Å². The maximum absolute atomic E-state index is 12.4. The standard InChI is InChI=1S/C21H37N3O4/c1-9-15(10-11-17(22)26)23-14-21(7,8)28-20(5,6)12-18(27)24-16(13-25)19(2,3)4/h13,16,23H,1,10-12,14H2,2-8H3,(H2,22,26)(H,24,27). The summed E-state index contributed by atoms with van der Waals surface area (Å²) in [6.07, 6.45) is 1.52. The molecular formula is C21H37N3O4. The summed E-state index contributed by atoms with van der Waals surface area (Å²) in [4.78, 5) is 34.6. The Kier molecular flexibility index (Phi) is 9.65. The Morgan fingerprint density at radius 3 is 2.11 bits per heavy atom. The molecular weight excluding hydrogens is 358 g/mol. The van der Waals surface area contributed by atoms with Crippen LogP contribution in [0, 0.1) is 5.41 Å². The fraction of sp³-hybridized carbons (Fsp3) is 0.714. The second kappa shape index (κ2) is 10.4. The molecule has 2 amide bonds. The van der Waals surface area contributed by atoms with Gasteiger partial charge in [-0.05, 0) is 33.1 Å². The van der Waals surface area contributed by atoms with Crippen LogP contribution < -0.4 is 16.4 Å². The maximum atomic E-state index is 12.4. The van der Waals surface area contributed by atoms with Crippen LogP contribution in [0.5, 0.6) is 0 Å². The first-order chi connectivity index (χ1) is 12.6. The Morgan fingerprint density at radius 1 is 1.11 bits per heavy atom. The van der Waals surface area contributed by atoms with Crippen molar-refractivity contribution in [2.24, 2.45) is 11.1 Å². The number of allylic oxidation sites excluding steroid dienone is 1. The molecule has 0 aliphatic carbocycles. The van der Waals surface area contributed by atoms with Gasteiger partial charge >= 0.3 is 0 Å². The number of carbonyl (C=O) groups excluding carboxylic acids is 3. The lowest BCUT2D eigenvalue weighted by molar-refractivity contribution is -0.144. The first-order valence-corrected chi connectivity index (χ1v) is 9.48. The highest BCUT2D eigenvalue weighted by molar-refractivity contribution is 5.80. The van der Waals surface area contributed by atoms with Gasteiger partial charge in [-0.15, -0.1) is 5.73 Å². The van der Waals surface area contributed by atoms with Crippen LogP contribution >= 0.6 is 0 Å². The van der Waals surface area contributed by atoms with Crippen molar-refractivity contribution in [2.75, 3.05) is 6.54 Å². The molecule has 0 saturated heterocycles. The van der Waals surface area contributed by atoms with E-state index in [-0.39, 0.29) is 30.1 Å². The molecule has 0 rings (SSSR count). The number of nitrogens with one attached hydrogen (secondary N) is 2. The van der Waals surface area contributed by atoms with Crippen molar-refractivity contribution in [3.63, 3.8) is 0 Å². The molecule has 4 N–H and O–H groups in total. The van der Waals surface area contributed by atoms with E-state index in [0.29, 0.717) is 18.7 Å². The number of hydrogen-bond acceptors (Lipinski definition) is 5. The van der Waals surface area contributed by atoms with E-state index in [1.54, 1.807) is 0 Å². The molecule has 0 aromatic rings. The number of primary amides is 1. The van der Waals surface area contributed by atoms with E-state index in [4.69, 9.17) is 10.5 Å². The average Bonchev–Trinajstić information content (AvgIpc) is 2.49. The van der Waals surface area contributed by atoms with Crippen molar-refractivity contribution in [3.05, 3.63) is 18.0 Å². The zero-order valence-corrected chi connectivity index (χ0v) is 18.4. The van der Waals surface area contributed by atoms with E-state index < -0.39 is 17.2 Å². The summed E-state index contributed by atoms with van der Waals surface area (Å²) in [6.45, 7) is 17.2. The van der Waals surface area contributed by atoms with Crippen LogP contribution in [-0.4, -0.2) is 41.9 Å². The van der Waals surface area contributed by atoms with Gasteiger partial charge in [-0.3, -0.25) is 9.59 Å². The summed E-state index contributed by atoms with van der Waals surface area (Å²) in [5.41, 5.74) is 6.91. The molecule has 7 heteroatoms. The molecule has 0 spiro atoms. The number of nitrogens with two attached hydrogens (primary N) is 1. The Hall–Kier alpha value is -2.11. The van der Waals surface area contributed by atoms with Gasteiger partial charge in [0, 0.05) is 19.4 Å². The van der Waals surface area contributed by atoms with E-state index in [0.717, 1.165) is 6.29 Å². The number of carbonyl (C=O) groups is 3. The lowest BCUT2D eigenvalue weighted by atomic mass is 9.87. The maximum Gasteiger partial charge on any atom is 0.223 e. The fourth-order valence-electron chi connectivity index (χ4n) is 2.69. The summed E-state index contributed by atoms with van der Waals surface area (Å²) in [7, 11) is 0. The second-order valence-corrected chi connectivity index (χ2v) is 9.32. The van der Waals surface area contributed by atoms with Crippen molar-refractivity contribution in [3.8, 4) is 0 Å². The summed E-state index contributed by atoms with van der Waals surface area (Å²) in [6, 6.07) is -0.559. The summed E-state index contributed by atoms with van der Waals surface area (Å²) < 4.78 is 6.15. The van der Waals surface area contributed by atoms with Gasteiger partial charge in [0.05, 0.1) is 29.4 Å². The van der Waals surface area contributed by atoms with Crippen LogP contribution in [0.25, 0.3) is 0 Å². The smallest absolute Gasteiger partial charge is 0.223 e. The van der Waals surface area contributed by atoms with E-state index in [9.17, 15) is 14.4 Å². The molecule has 1 atom stereocenters. The normalized spacial score (nSPS) is 13.2. The predicted molar refractivity (Wildman–Crippen MR) is 110 cm³/mol. The third-order valence-electron chi connectivity index (χ3n) is 4.09. The number of rotatable bonds is 12. The zero-order valence-electron chi connectivity index (χ0n) is 18.4. The Labute approximate surface area is 169 Å². The van der Waals surface area contributed by atoms with Gasteiger partial charge in [0.15, 0.2) is 0 Å². The van der Waals surface area contributed by atoms with Gasteiger partial charge in [0.2, 0.25) is 11.8 Å². The number of amides is 2. The van der Waals surface area contributed by atoms with Gasteiger partial charge < -0.3 is 25.9 Å². The van der Waals surface area contributed by atoms with Crippen molar-refractivity contribution in [1.29, 1.82) is 0 Å². The molecule has 0 radical (unpaired) electrons. The fourth-order valence-corrected chi connectivity index (χ4v) is 2.69. The minimum Gasteiger partial charge on any atom is -0.379 e. The Bertz CT molecular complexity index is 612. The average molecular weight is 396 g/mol. The highest BCUT2D eigenvalue weighted by atomic mass is 16.5. The lowest BCUT2D eigenvalue weighted by Gasteiger charge is -2.37. The minimum atomic E-state index is -0.744. The largest absolute Gasteiger partial charge is 0.379 e. The van der Waals surface area contributed by atoms with Gasteiger partial charge in [-0.1, -0.05) is 27.4 Å². The quantitative estimate of drug-likeness (QED) is 0.347. The second-order valence-electron chi connectivity index (χ2n) is 9.32. The van der Waals surface area contributed by atoms with Gasteiger partial charge in [-0.2, -0.15) is 0 Å². The highest BCUT2D eigenvalue weighted by Gasteiger charge is 2.33. The van der Waals surface area contributed by atoms with E-state index in [1.807, 2.05) is 48.5 Å². The Morgan fingerprint density at radius 2 is 1.68 bits per heavy atom. The van der Waals surface area contributed by atoms with E-state index in [2.05, 4.69) is 22.9 Å². The summed E-state index contributed by atoms with van der Waals surface area (Å²) in [5, 5.41) is 5.93. The van der Waals surface area contributed by atoms with Gasteiger partial charge in [0.1, 0.15) is 6.29 Å². The molecule has 0 aliphatic heterocycles. The monoisotopic (exact) mass is 395 g/mol. The third kappa shape index (κ3) is 10.9. The van der Waals surface area contributed by atoms with Crippen LogP contribution in [0.2, 0.25) is 0 Å². The zero-order chi connectivity index (χ0) is 22.2. The molecule has 0 aromatic carbocycles. The predicted octanol–water partition coefficient (Wildman–Crippen LogP) is 2.20. The number of ether oxygens (including phenoxy) is 1. The summed E-state index contributed by atoms with van der Waals surface area (Å²) in [5.74, 6) is -0.630. The molecule has 0 aromatic heterocycles. The van der Waals surface area contributed by atoms with Crippen LogP contribution in [0.1, 0.15) is 67.7 Å². The van der Waals surface area contributed by atoms with Gasteiger partial charge in [0.25, 0.3) is 0 Å². The lowest BCUT2D eigenvalue weighted by Crippen LogP contribution is -2.49. The molecule has 7 nitrogen and oxygen atoms in total. The first kappa shape index (κ1) is 25.9. The highest BCUT2D eigenvalue weighted by Crippen LogP contribution is 2.24. The van der Waals surface area contributed by atoms with E-state index in [1.165, 1.54) is 0 Å². The van der Waals surface area contributed by atoms with Crippen LogP contribution in [0.15, 0.2) is 18.0 Å². The van der Waals surface area contributed by atoms with Gasteiger partial charge in [-0.25, -0.2) is 0 Å². The SMILES string of the molecule is C=C=C(CCC(N)=O)NCC(C)(C)OC(C)(C)CC(=O)NC(C=O)C(C)(C)C. The van der Waals surface area contributed by atoms with Crippen molar-refractivity contribution < 1.29 is 19.1 Å². The van der Waals surface area contributed by atoms with Crippen LogP contribution in [0.3, 0.4) is 0 Å². The molecule has 1 unspecified atom stereocenters. The van der Waals surface area contributed by atoms with Crippen molar-refractivity contribution >= 4 is 18.1 Å². The molecule has 0 bridgehead atoms.